The summed E-state index contributed by atoms with van der Waals surface area (Å²) in [6.07, 6.45) is 2.92. The van der Waals surface area contributed by atoms with E-state index < -0.39 is 15.5 Å². The third kappa shape index (κ3) is 2.82. The van der Waals surface area contributed by atoms with Crippen LogP contribution in [0.3, 0.4) is 0 Å². The number of fused-ring (bicyclic) bond motifs is 6. The maximum atomic E-state index is 13.0. The number of hydrogen-bond acceptors (Lipinski definition) is 6. The minimum Gasteiger partial charge on any atom is -0.382 e. The minimum atomic E-state index is -4.01. The highest BCUT2D eigenvalue weighted by Crippen LogP contribution is 2.64. The number of carbonyl (C=O) groups is 1. The van der Waals surface area contributed by atoms with Gasteiger partial charge in [0.1, 0.15) is 11.5 Å². The molecule has 2 aliphatic carbocycles. The highest BCUT2D eigenvalue weighted by Gasteiger charge is 2.65. The standard InChI is InChI=1S/C21H28N2O5S/c1-20(2)15-3-4-21(20,18(24)6-15)12-29(26,27)28-16-7-17-14-5-13(9-22-10-14)11-23(17)19(25)8-16/h7-8,13-15,22H,3-6,9-12H2,1-2H3/t13-,14+,15?,21?/m1/s1. The summed E-state index contributed by atoms with van der Waals surface area (Å²) in [6.45, 7) is 6.34. The van der Waals surface area contributed by atoms with Crippen molar-refractivity contribution in [1.29, 1.82) is 0 Å². The summed E-state index contributed by atoms with van der Waals surface area (Å²) in [5.41, 5.74) is -0.609. The lowest BCUT2D eigenvalue weighted by atomic mass is 9.70. The average Bonchev–Trinajstić information content (AvgIpc) is 2.97. The van der Waals surface area contributed by atoms with Gasteiger partial charge in [-0.15, -0.1) is 0 Å². The third-order valence-electron chi connectivity index (χ3n) is 8.22. The van der Waals surface area contributed by atoms with Gasteiger partial charge in [0.15, 0.2) is 0 Å². The lowest BCUT2D eigenvalue weighted by Gasteiger charge is -2.37. The van der Waals surface area contributed by atoms with Crippen molar-refractivity contribution >= 4 is 15.9 Å². The second kappa shape index (κ2) is 6.17. The second-order valence-electron chi connectivity index (χ2n) is 9.97. The number of piperidine rings is 1. The number of pyridine rings is 1. The van der Waals surface area contributed by atoms with E-state index in [1.807, 2.05) is 13.8 Å². The van der Waals surface area contributed by atoms with Crippen LogP contribution in [0, 0.1) is 22.7 Å². The lowest BCUT2D eigenvalue weighted by molar-refractivity contribution is -0.128. The monoisotopic (exact) mass is 420 g/mol. The molecular weight excluding hydrogens is 392 g/mol. The Labute approximate surface area is 170 Å². The largest absolute Gasteiger partial charge is 0.382 e. The first-order valence-corrected chi connectivity index (χ1v) is 12.1. The second-order valence-corrected chi connectivity index (χ2v) is 11.5. The van der Waals surface area contributed by atoms with E-state index in [0.29, 0.717) is 25.3 Å². The summed E-state index contributed by atoms with van der Waals surface area (Å²) in [7, 11) is -4.01. The Hall–Kier alpha value is -1.67. The Morgan fingerprint density at radius 3 is 2.72 bits per heavy atom. The molecule has 0 aromatic carbocycles. The zero-order valence-electron chi connectivity index (χ0n) is 16.9. The van der Waals surface area contributed by atoms with Crippen molar-refractivity contribution in [3.05, 3.63) is 28.2 Å². The van der Waals surface area contributed by atoms with Crippen molar-refractivity contribution in [2.24, 2.45) is 22.7 Å². The molecule has 8 heteroatoms. The van der Waals surface area contributed by atoms with E-state index in [4.69, 9.17) is 4.18 Å². The highest BCUT2D eigenvalue weighted by molar-refractivity contribution is 7.87. The van der Waals surface area contributed by atoms with E-state index in [-0.39, 0.29) is 40.1 Å². The van der Waals surface area contributed by atoms with E-state index in [0.717, 1.165) is 31.6 Å². The zero-order chi connectivity index (χ0) is 20.6. The summed E-state index contributed by atoms with van der Waals surface area (Å²) < 4.78 is 33.1. The maximum Gasteiger partial charge on any atom is 0.310 e. The molecule has 1 N–H and O–H groups in total. The van der Waals surface area contributed by atoms with Gasteiger partial charge in [-0.3, -0.25) is 9.59 Å². The van der Waals surface area contributed by atoms with Crippen LogP contribution < -0.4 is 15.1 Å². The van der Waals surface area contributed by atoms with Crippen molar-refractivity contribution in [2.45, 2.75) is 52.0 Å². The average molecular weight is 421 g/mol. The number of carbonyl (C=O) groups excluding carboxylic acids is 1. The highest BCUT2D eigenvalue weighted by atomic mass is 32.2. The summed E-state index contributed by atoms with van der Waals surface area (Å²) in [5.74, 6) is 0.652. The van der Waals surface area contributed by atoms with Gasteiger partial charge >= 0.3 is 10.1 Å². The van der Waals surface area contributed by atoms with E-state index in [1.165, 1.54) is 6.07 Å². The number of hydrogen-bond donors (Lipinski definition) is 1. The summed E-state index contributed by atoms with van der Waals surface area (Å²) in [4.78, 5) is 25.3. The molecule has 1 aromatic rings. The number of rotatable bonds is 4. The maximum absolute atomic E-state index is 13.0. The minimum absolute atomic E-state index is 0.0377. The van der Waals surface area contributed by atoms with Crippen molar-refractivity contribution in [2.75, 3.05) is 18.8 Å². The molecular formula is C21H28N2O5S. The van der Waals surface area contributed by atoms with E-state index in [1.54, 1.807) is 10.6 Å². The number of nitrogens with one attached hydrogen (secondary N) is 1. The van der Waals surface area contributed by atoms with Crippen molar-refractivity contribution in [3.63, 3.8) is 0 Å². The Kier molecular flexibility index (Phi) is 4.11. The van der Waals surface area contributed by atoms with E-state index in [9.17, 15) is 18.0 Å². The van der Waals surface area contributed by atoms with Crippen LogP contribution in [0.4, 0.5) is 0 Å². The predicted octanol–water partition coefficient (Wildman–Crippen LogP) is 1.66. The summed E-state index contributed by atoms with van der Waals surface area (Å²) in [6, 6.07) is 2.97. The van der Waals surface area contributed by atoms with Gasteiger partial charge < -0.3 is 14.1 Å². The summed E-state index contributed by atoms with van der Waals surface area (Å²) >= 11 is 0. The number of Topliss-reactive ketones (excluding diaryl/α,β-unsaturated/α-hetero) is 1. The Morgan fingerprint density at radius 1 is 1.24 bits per heavy atom. The van der Waals surface area contributed by atoms with Crippen molar-refractivity contribution in [3.8, 4) is 5.75 Å². The molecule has 4 aliphatic rings. The van der Waals surface area contributed by atoms with Crippen LogP contribution in [-0.2, 0) is 21.5 Å². The molecule has 0 spiro atoms. The van der Waals surface area contributed by atoms with Gasteiger partial charge in [0.25, 0.3) is 5.56 Å². The molecule has 29 heavy (non-hydrogen) atoms. The Bertz CT molecular complexity index is 1040. The van der Waals surface area contributed by atoms with Crippen LogP contribution in [-0.4, -0.2) is 37.6 Å². The third-order valence-corrected chi connectivity index (χ3v) is 9.51. The molecule has 1 saturated heterocycles. The van der Waals surface area contributed by atoms with Gasteiger partial charge in [-0.1, -0.05) is 13.8 Å². The first-order valence-electron chi connectivity index (χ1n) is 10.5. The zero-order valence-corrected chi connectivity index (χ0v) is 17.8. The molecule has 1 aromatic heterocycles. The molecule has 2 aliphatic heterocycles. The van der Waals surface area contributed by atoms with Crippen LogP contribution in [0.15, 0.2) is 16.9 Å². The lowest BCUT2D eigenvalue weighted by Crippen LogP contribution is -2.45. The fourth-order valence-corrected chi connectivity index (χ4v) is 8.14. The van der Waals surface area contributed by atoms with Crippen molar-refractivity contribution in [1.82, 2.24) is 9.88 Å². The Balaban J connectivity index is 1.44. The van der Waals surface area contributed by atoms with Crippen LogP contribution in [0.2, 0.25) is 0 Å². The molecule has 7 nitrogen and oxygen atoms in total. The fraction of sp³-hybridized carbons (Fsp3) is 0.714. The molecule has 0 radical (unpaired) electrons. The van der Waals surface area contributed by atoms with Gasteiger partial charge in [0.05, 0.1) is 11.2 Å². The fourth-order valence-electron chi connectivity index (χ4n) is 6.41. The molecule has 4 bridgehead atoms. The van der Waals surface area contributed by atoms with Gasteiger partial charge in [0, 0.05) is 43.3 Å². The Morgan fingerprint density at radius 2 is 2.03 bits per heavy atom. The molecule has 2 unspecified atom stereocenters. The number of aromatic nitrogens is 1. The molecule has 5 rings (SSSR count). The molecule has 3 fully saturated rings. The topological polar surface area (TPSA) is 94.5 Å². The first-order chi connectivity index (χ1) is 13.6. The smallest absolute Gasteiger partial charge is 0.310 e. The summed E-state index contributed by atoms with van der Waals surface area (Å²) in [5, 5.41) is 3.38. The van der Waals surface area contributed by atoms with Gasteiger partial charge in [-0.2, -0.15) is 8.42 Å². The van der Waals surface area contributed by atoms with Crippen LogP contribution >= 0.6 is 0 Å². The van der Waals surface area contributed by atoms with Crippen molar-refractivity contribution < 1.29 is 17.4 Å². The molecule has 2 saturated carbocycles. The van der Waals surface area contributed by atoms with Crippen LogP contribution in [0.5, 0.6) is 5.75 Å². The molecule has 158 valence electrons. The molecule has 3 heterocycles. The van der Waals surface area contributed by atoms with Crippen LogP contribution in [0.1, 0.15) is 51.1 Å². The number of ketones is 1. The van der Waals surface area contributed by atoms with Crippen LogP contribution in [0.25, 0.3) is 0 Å². The van der Waals surface area contributed by atoms with E-state index in [2.05, 4.69) is 5.32 Å². The first kappa shape index (κ1) is 19.3. The SMILES string of the molecule is CC1(C)C2CCC1(CS(=O)(=O)Oc1cc3n(c(=O)c1)C[C@H]1CNC[C@@H]3C1)C(=O)C2. The molecule has 0 amide bonds. The normalized spacial score (nSPS) is 34.8. The number of nitrogens with zero attached hydrogens (tertiary/aromatic N) is 1. The predicted molar refractivity (Wildman–Crippen MR) is 107 cm³/mol. The molecule has 4 atom stereocenters. The van der Waals surface area contributed by atoms with Gasteiger partial charge in [-0.25, -0.2) is 0 Å². The van der Waals surface area contributed by atoms with Gasteiger partial charge in [0.2, 0.25) is 0 Å². The van der Waals surface area contributed by atoms with E-state index >= 15 is 0 Å². The van der Waals surface area contributed by atoms with Gasteiger partial charge in [-0.05, 0) is 43.1 Å². The quantitative estimate of drug-likeness (QED) is 0.745.